The van der Waals surface area contributed by atoms with Crippen LogP contribution in [0.2, 0.25) is 0 Å². The van der Waals surface area contributed by atoms with Crippen LogP contribution in [0.5, 0.6) is 0 Å². The number of benzene rings is 2. The van der Waals surface area contributed by atoms with E-state index >= 15 is 0 Å². The van der Waals surface area contributed by atoms with Crippen molar-refractivity contribution in [2.45, 2.75) is 19.0 Å². The Labute approximate surface area is 149 Å². The molecule has 0 saturated carbocycles. The van der Waals surface area contributed by atoms with Crippen molar-refractivity contribution in [1.82, 2.24) is 4.90 Å². The summed E-state index contributed by atoms with van der Waals surface area (Å²) in [6, 6.07) is 14.0. The van der Waals surface area contributed by atoms with Gasteiger partial charge in [-0.1, -0.05) is 24.3 Å². The zero-order valence-corrected chi connectivity index (χ0v) is 14.0. The molecule has 3 nitrogen and oxygen atoms in total. The summed E-state index contributed by atoms with van der Waals surface area (Å²) < 4.78 is 37.9. The average Bonchev–Trinajstić information content (AvgIpc) is 2.67. The summed E-state index contributed by atoms with van der Waals surface area (Å²) in [6.45, 7) is 1.13. The van der Waals surface area contributed by atoms with Crippen LogP contribution in [0.15, 0.2) is 48.5 Å². The van der Waals surface area contributed by atoms with Gasteiger partial charge in [-0.05, 0) is 48.2 Å². The minimum Gasteiger partial charge on any atom is -0.339 e. The third kappa shape index (κ3) is 3.88. The van der Waals surface area contributed by atoms with Crippen molar-refractivity contribution in [2.75, 3.05) is 13.1 Å². The van der Waals surface area contributed by atoms with Crippen molar-refractivity contribution < 1.29 is 18.0 Å². The summed E-state index contributed by atoms with van der Waals surface area (Å²) in [5.41, 5.74) is 1.26. The molecule has 0 spiro atoms. The minimum absolute atomic E-state index is 0.0149. The zero-order valence-electron chi connectivity index (χ0n) is 14.0. The van der Waals surface area contributed by atoms with Gasteiger partial charge in [0.2, 0.25) is 0 Å². The SMILES string of the molecule is N#CC1CCN(C(=O)c2ccc(-c3ccc(C(F)(F)F)cc3)cc2)CC1. The van der Waals surface area contributed by atoms with Gasteiger partial charge in [-0.2, -0.15) is 18.4 Å². The van der Waals surface area contributed by atoms with Crippen molar-refractivity contribution in [1.29, 1.82) is 5.26 Å². The van der Waals surface area contributed by atoms with Gasteiger partial charge in [0, 0.05) is 24.6 Å². The van der Waals surface area contributed by atoms with Crippen molar-refractivity contribution in [3.63, 3.8) is 0 Å². The lowest BCUT2D eigenvalue weighted by atomic mass is 9.97. The molecule has 0 aromatic heterocycles. The van der Waals surface area contributed by atoms with Crippen molar-refractivity contribution >= 4 is 5.91 Å². The van der Waals surface area contributed by atoms with Crippen LogP contribution in [-0.4, -0.2) is 23.9 Å². The largest absolute Gasteiger partial charge is 0.416 e. The number of carbonyl (C=O) groups is 1. The predicted molar refractivity (Wildman–Crippen MR) is 91.1 cm³/mol. The van der Waals surface area contributed by atoms with Gasteiger partial charge in [-0.15, -0.1) is 0 Å². The van der Waals surface area contributed by atoms with Crippen LogP contribution < -0.4 is 0 Å². The first-order valence-electron chi connectivity index (χ1n) is 8.35. The number of hydrogen-bond acceptors (Lipinski definition) is 2. The first-order chi connectivity index (χ1) is 12.4. The summed E-state index contributed by atoms with van der Waals surface area (Å²) >= 11 is 0. The van der Waals surface area contributed by atoms with Crippen LogP contribution >= 0.6 is 0 Å². The topological polar surface area (TPSA) is 44.1 Å². The molecular weight excluding hydrogens is 341 g/mol. The molecule has 2 aromatic rings. The highest BCUT2D eigenvalue weighted by Crippen LogP contribution is 2.31. The molecule has 0 N–H and O–H groups in total. The van der Waals surface area contributed by atoms with Gasteiger partial charge in [0.15, 0.2) is 0 Å². The van der Waals surface area contributed by atoms with Crippen molar-refractivity contribution in [2.24, 2.45) is 5.92 Å². The Morgan fingerprint density at radius 2 is 1.46 bits per heavy atom. The summed E-state index contributed by atoms with van der Waals surface area (Å²) in [6.07, 6.45) is -2.98. The summed E-state index contributed by atoms with van der Waals surface area (Å²) in [5, 5.41) is 8.92. The number of alkyl halides is 3. The first kappa shape index (κ1) is 18.0. The molecule has 1 fully saturated rings. The number of likely N-dealkylation sites (tertiary alicyclic amines) is 1. The molecule has 26 heavy (non-hydrogen) atoms. The highest BCUT2D eigenvalue weighted by atomic mass is 19.4. The fourth-order valence-electron chi connectivity index (χ4n) is 3.05. The van der Waals surface area contributed by atoms with Gasteiger partial charge in [0.25, 0.3) is 5.91 Å². The molecule has 1 aliphatic heterocycles. The fourth-order valence-corrected chi connectivity index (χ4v) is 3.05. The Balaban J connectivity index is 1.70. The number of nitriles is 1. The number of amides is 1. The maximum atomic E-state index is 12.6. The molecule has 1 amide bonds. The molecule has 1 saturated heterocycles. The number of piperidine rings is 1. The Morgan fingerprint density at radius 1 is 0.962 bits per heavy atom. The Morgan fingerprint density at radius 3 is 1.92 bits per heavy atom. The summed E-state index contributed by atoms with van der Waals surface area (Å²) in [7, 11) is 0. The van der Waals surface area contributed by atoms with Gasteiger partial charge >= 0.3 is 6.18 Å². The van der Waals surface area contributed by atoms with Gasteiger partial charge in [0.05, 0.1) is 11.6 Å². The maximum Gasteiger partial charge on any atom is 0.416 e. The second-order valence-electron chi connectivity index (χ2n) is 6.35. The highest BCUT2D eigenvalue weighted by Gasteiger charge is 2.30. The molecule has 0 radical (unpaired) electrons. The van der Waals surface area contributed by atoms with E-state index in [1.165, 1.54) is 12.1 Å². The number of nitrogens with zero attached hydrogens (tertiary/aromatic N) is 2. The molecule has 1 aliphatic rings. The van der Waals surface area contributed by atoms with E-state index in [1.54, 1.807) is 29.2 Å². The highest BCUT2D eigenvalue weighted by molar-refractivity contribution is 5.94. The van der Waals surface area contributed by atoms with E-state index in [0.29, 0.717) is 37.1 Å². The molecule has 3 rings (SSSR count). The number of carbonyl (C=O) groups excluding carboxylic acids is 1. The minimum atomic E-state index is -4.35. The second-order valence-corrected chi connectivity index (χ2v) is 6.35. The van der Waals surface area contributed by atoms with E-state index < -0.39 is 11.7 Å². The van der Waals surface area contributed by atoms with Crippen LogP contribution in [0.4, 0.5) is 13.2 Å². The third-order valence-corrected chi connectivity index (χ3v) is 4.64. The number of rotatable bonds is 2. The lowest BCUT2D eigenvalue weighted by Crippen LogP contribution is -2.38. The van der Waals surface area contributed by atoms with Gasteiger partial charge in [-0.25, -0.2) is 0 Å². The lowest BCUT2D eigenvalue weighted by molar-refractivity contribution is -0.137. The Hall–Kier alpha value is -2.81. The molecular formula is C20H17F3N2O. The molecule has 1 heterocycles. The lowest BCUT2D eigenvalue weighted by Gasteiger charge is -2.29. The third-order valence-electron chi connectivity index (χ3n) is 4.64. The maximum absolute atomic E-state index is 12.6. The molecule has 0 bridgehead atoms. The quantitative estimate of drug-likeness (QED) is 0.778. The van der Waals surface area contributed by atoms with Crippen molar-refractivity contribution in [3.05, 3.63) is 59.7 Å². The van der Waals surface area contributed by atoms with Gasteiger partial charge in [-0.3, -0.25) is 4.79 Å². The van der Waals surface area contributed by atoms with Crippen LogP contribution in [-0.2, 0) is 6.18 Å². The van der Waals surface area contributed by atoms with Gasteiger partial charge < -0.3 is 4.90 Å². The Kier molecular flexibility index (Phi) is 4.99. The van der Waals surface area contributed by atoms with E-state index in [1.807, 2.05) is 0 Å². The number of hydrogen-bond donors (Lipinski definition) is 0. The zero-order chi connectivity index (χ0) is 18.7. The van der Waals surface area contributed by atoms with Crippen LogP contribution in [0.25, 0.3) is 11.1 Å². The normalized spacial score (nSPS) is 15.5. The fraction of sp³-hybridized carbons (Fsp3) is 0.300. The number of halogens is 3. The predicted octanol–water partition coefficient (Wildman–Crippen LogP) is 4.75. The van der Waals surface area contributed by atoms with E-state index in [-0.39, 0.29) is 11.8 Å². The first-order valence-corrected chi connectivity index (χ1v) is 8.35. The van der Waals surface area contributed by atoms with Crippen LogP contribution in [0.1, 0.15) is 28.8 Å². The monoisotopic (exact) mass is 358 g/mol. The molecule has 134 valence electrons. The molecule has 0 atom stereocenters. The summed E-state index contributed by atoms with van der Waals surface area (Å²) in [5.74, 6) is -0.0681. The average molecular weight is 358 g/mol. The standard InChI is InChI=1S/C20H17F3N2O/c21-20(22,23)18-7-5-16(6-8-18)15-1-3-17(4-2-15)19(26)25-11-9-14(13-24)10-12-25/h1-8,14H,9-12H2. The summed E-state index contributed by atoms with van der Waals surface area (Å²) in [4.78, 5) is 14.3. The molecule has 0 aliphatic carbocycles. The molecule has 0 unspecified atom stereocenters. The second kappa shape index (κ2) is 7.20. The Bertz CT molecular complexity index is 812. The van der Waals surface area contributed by atoms with E-state index in [0.717, 1.165) is 17.7 Å². The van der Waals surface area contributed by atoms with Crippen LogP contribution in [0, 0.1) is 17.2 Å². The van der Waals surface area contributed by atoms with E-state index in [2.05, 4.69) is 6.07 Å². The molecule has 2 aromatic carbocycles. The van der Waals surface area contributed by atoms with Crippen LogP contribution in [0.3, 0.4) is 0 Å². The smallest absolute Gasteiger partial charge is 0.339 e. The van der Waals surface area contributed by atoms with E-state index in [9.17, 15) is 18.0 Å². The van der Waals surface area contributed by atoms with Crippen molar-refractivity contribution in [3.8, 4) is 17.2 Å². The van der Waals surface area contributed by atoms with E-state index in [4.69, 9.17) is 5.26 Å². The molecule has 6 heteroatoms. The van der Waals surface area contributed by atoms with Gasteiger partial charge in [0.1, 0.15) is 0 Å².